The smallest absolute Gasteiger partial charge is 0.276 e. The van der Waals surface area contributed by atoms with Gasteiger partial charge in [0.05, 0.1) is 16.8 Å². The molecule has 0 aliphatic heterocycles. The van der Waals surface area contributed by atoms with Crippen LogP contribution in [0.4, 0.5) is 0 Å². The van der Waals surface area contributed by atoms with Crippen LogP contribution in [0.3, 0.4) is 0 Å². The third-order valence-electron chi connectivity index (χ3n) is 3.31. The molecule has 0 fully saturated rings. The highest BCUT2D eigenvalue weighted by atomic mass is 32.2. The van der Waals surface area contributed by atoms with Gasteiger partial charge in [-0.1, -0.05) is 17.7 Å². The Morgan fingerprint density at radius 1 is 1.27 bits per heavy atom. The van der Waals surface area contributed by atoms with Crippen LogP contribution in [-0.2, 0) is 9.84 Å². The molecule has 0 saturated carbocycles. The van der Waals surface area contributed by atoms with E-state index in [4.69, 9.17) is 0 Å². The Hall–Kier alpha value is -2.22. The van der Waals surface area contributed by atoms with E-state index in [0.29, 0.717) is 6.54 Å². The number of benzene rings is 1. The van der Waals surface area contributed by atoms with Crippen LogP contribution in [0.5, 0.6) is 0 Å². The summed E-state index contributed by atoms with van der Waals surface area (Å²) in [6.07, 6.45) is 1.32. The van der Waals surface area contributed by atoms with Gasteiger partial charge in [0.1, 0.15) is 0 Å². The molecule has 1 amide bonds. The topological polar surface area (TPSA) is 96.0 Å². The van der Waals surface area contributed by atoms with E-state index in [0.717, 1.165) is 5.56 Å². The summed E-state index contributed by atoms with van der Waals surface area (Å²) in [4.78, 5) is 13.8. The van der Waals surface area contributed by atoms with Crippen molar-refractivity contribution < 1.29 is 13.2 Å². The van der Waals surface area contributed by atoms with Gasteiger partial charge < -0.3 is 4.90 Å². The number of hydrogen-bond acceptors (Lipinski definition) is 5. The molecule has 0 unspecified atom stereocenters. The summed E-state index contributed by atoms with van der Waals surface area (Å²) in [6, 6.07) is 6.68. The molecule has 8 heteroatoms. The Balaban J connectivity index is 2.06. The quantitative estimate of drug-likeness (QED) is 0.857. The Labute approximate surface area is 129 Å². The third-order valence-corrected chi connectivity index (χ3v) is 5.02. The molecule has 0 saturated heterocycles. The number of aromatic nitrogens is 3. The summed E-state index contributed by atoms with van der Waals surface area (Å²) in [7, 11) is -3.42. The molecule has 22 heavy (non-hydrogen) atoms. The van der Waals surface area contributed by atoms with E-state index in [9.17, 15) is 13.2 Å². The van der Waals surface area contributed by atoms with Gasteiger partial charge in [0, 0.05) is 13.1 Å². The van der Waals surface area contributed by atoms with Crippen LogP contribution < -0.4 is 0 Å². The van der Waals surface area contributed by atoms with Crippen LogP contribution in [0, 0.1) is 6.92 Å². The average molecular weight is 322 g/mol. The van der Waals surface area contributed by atoms with Crippen LogP contribution in [0.25, 0.3) is 0 Å². The number of sulfone groups is 1. The Morgan fingerprint density at radius 2 is 1.95 bits per heavy atom. The van der Waals surface area contributed by atoms with Gasteiger partial charge in [0.15, 0.2) is 15.5 Å². The fraction of sp³-hybridized carbons (Fsp3) is 0.357. The highest BCUT2D eigenvalue weighted by Crippen LogP contribution is 2.13. The lowest BCUT2D eigenvalue weighted by molar-refractivity contribution is 0.0768. The number of carbonyl (C=O) groups is 1. The fourth-order valence-electron chi connectivity index (χ4n) is 1.96. The van der Waals surface area contributed by atoms with Gasteiger partial charge in [-0.2, -0.15) is 15.4 Å². The van der Waals surface area contributed by atoms with E-state index < -0.39 is 9.84 Å². The predicted molar refractivity (Wildman–Crippen MR) is 81.2 cm³/mol. The van der Waals surface area contributed by atoms with Gasteiger partial charge in [-0.25, -0.2) is 8.42 Å². The average Bonchev–Trinajstić information content (AvgIpc) is 3.02. The van der Waals surface area contributed by atoms with Crippen molar-refractivity contribution in [3.05, 3.63) is 41.7 Å². The first kappa shape index (κ1) is 16.2. The van der Waals surface area contributed by atoms with Gasteiger partial charge in [-0.3, -0.25) is 4.79 Å². The van der Waals surface area contributed by atoms with Crippen molar-refractivity contribution in [1.29, 1.82) is 0 Å². The lowest BCUT2D eigenvalue weighted by atomic mass is 10.2. The van der Waals surface area contributed by atoms with Crippen LogP contribution in [-0.4, -0.2) is 53.5 Å². The maximum Gasteiger partial charge on any atom is 0.276 e. The number of hydrogen-bond donors (Lipinski definition) is 1. The number of aromatic amines is 1. The van der Waals surface area contributed by atoms with Crippen molar-refractivity contribution in [3.63, 3.8) is 0 Å². The van der Waals surface area contributed by atoms with E-state index in [1.165, 1.54) is 11.1 Å². The van der Waals surface area contributed by atoms with E-state index in [1.807, 2.05) is 6.92 Å². The number of H-pyrrole nitrogens is 1. The minimum absolute atomic E-state index is 0.110. The molecule has 1 aromatic heterocycles. The predicted octanol–water partition coefficient (Wildman–Crippen LogP) is 1.05. The lowest BCUT2D eigenvalue weighted by Crippen LogP contribution is -2.35. The van der Waals surface area contributed by atoms with Gasteiger partial charge in [0.2, 0.25) is 0 Å². The molecule has 0 aliphatic rings. The van der Waals surface area contributed by atoms with Crippen molar-refractivity contribution in [1.82, 2.24) is 20.3 Å². The minimum atomic E-state index is -3.42. The molecule has 2 rings (SSSR count). The molecule has 0 aliphatic carbocycles. The maximum absolute atomic E-state index is 12.3. The summed E-state index contributed by atoms with van der Waals surface area (Å²) >= 11 is 0. The zero-order valence-electron chi connectivity index (χ0n) is 12.5. The van der Waals surface area contributed by atoms with Crippen molar-refractivity contribution in [2.24, 2.45) is 0 Å². The molecule has 0 bridgehead atoms. The maximum atomic E-state index is 12.3. The first-order chi connectivity index (χ1) is 10.4. The summed E-state index contributed by atoms with van der Waals surface area (Å²) in [5.74, 6) is -0.469. The zero-order chi connectivity index (χ0) is 16.2. The SMILES string of the molecule is CCN(CCS(=O)(=O)c1ccc(C)cc1)C(=O)c1cn[nH]n1. The Bertz CT molecular complexity index is 724. The van der Waals surface area contributed by atoms with Crippen molar-refractivity contribution in [2.45, 2.75) is 18.7 Å². The molecule has 0 spiro atoms. The van der Waals surface area contributed by atoms with Crippen LogP contribution >= 0.6 is 0 Å². The fourth-order valence-corrected chi connectivity index (χ4v) is 3.21. The largest absolute Gasteiger partial charge is 0.336 e. The third kappa shape index (κ3) is 3.70. The summed E-state index contributed by atoms with van der Waals surface area (Å²) < 4.78 is 24.6. The number of amides is 1. The van der Waals surface area contributed by atoms with E-state index >= 15 is 0 Å². The molecule has 1 aromatic carbocycles. The summed E-state index contributed by atoms with van der Waals surface area (Å²) in [5.41, 5.74) is 1.17. The first-order valence-electron chi connectivity index (χ1n) is 6.88. The standard InChI is InChI=1S/C14H18N4O3S/c1-3-18(14(19)13-10-15-17-16-13)8-9-22(20,21)12-6-4-11(2)5-7-12/h4-7,10H,3,8-9H2,1-2H3,(H,15,16,17). The van der Waals surface area contributed by atoms with Gasteiger partial charge in [-0.15, -0.1) is 0 Å². The molecule has 7 nitrogen and oxygen atoms in total. The number of nitrogens with zero attached hydrogens (tertiary/aromatic N) is 3. The molecular weight excluding hydrogens is 304 g/mol. The summed E-state index contributed by atoms with van der Waals surface area (Å²) in [6.45, 7) is 4.19. The van der Waals surface area contributed by atoms with E-state index in [-0.39, 0.29) is 28.8 Å². The highest BCUT2D eigenvalue weighted by Gasteiger charge is 2.21. The van der Waals surface area contributed by atoms with Crippen LogP contribution in [0.15, 0.2) is 35.4 Å². The van der Waals surface area contributed by atoms with Crippen molar-refractivity contribution >= 4 is 15.7 Å². The second-order valence-electron chi connectivity index (χ2n) is 4.87. The Kier molecular flexibility index (Phi) is 4.92. The summed E-state index contributed by atoms with van der Waals surface area (Å²) in [5, 5.41) is 9.67. The molecule has 1 heterocycles. The molecule has 0 atom stereocenters. The lowest BCUT2D eigenvalue weighted by Gasteiger charge is -2.19. The molecule has 2 aromatic rings. The van der Waals surface area contributed by atoms with Gasteiger partial charge in [-0.05, 0) is 26.0 Å². The number of carbonyl (C=O) groups excluding carboxylic acids is 1. The Morgan fingerprint density at radius 3 is 2.50 bits per heavy atom. The van der Waals surface area contributed by atoms with E-state index in [2.05, 4.69) is 15.4 Å². The number of rotatable bonds is 6. The molecule has 1 N–H and O–H groups in total. The van der Waals surface area contributed by atoms with Crippen molar-refractivity contribution in [2.75, 3.05) is 18.8 Å². The minimum Gasteiger partial charge on any atom is -0.336 e. The van der Waals surface area contributed by atoms with Crippen LogP contribution in [0.1, 0.15) is 23.0 Å². The molecular formula is C14H18N4O3S. The number of nitrogens with one attached hydrogen (secondary N) is 1. The van der Waals surface area contributed by atoms with Crippen LogP contribution in [0.2, 0.25) is 0 Å². The number of aryl methyl sites for hydroxylation is 1. The first-order valence-corrected chi connectivity index (χ1v) is 8.53. The van der Waals surface area contributed by atoms with Gasteiger partial charge >= 0.3 is 0 Å². The molecule has 118 valence electrons. The van der Waals surface area contributed by atoms with Crippen molar-refractivity contribution in [3.8, 4) is 0 Å². The normalized spacial score (nSPS) is 11.4. The highest BCUT2D eigenvalue weighted by molar-refractivity contribution is 7.91. The van der Waals surface area contributed by atoms with Gasteiger partial charge in [0.25, 0.3) is 5.91 Å². The van der Waals surface area contributed by atoms with E-state index in [1.54, 1.807) is 31.2 Å². The zero-order valence-corrected chi connectivity index (χ0v) is 13.3. The molecule has 0 radical (unpaired) electrons. The monoisotopic (exact) mass is 322 g/mol. The second kappa shape index (κ2) is 6.69. The second-order valence-corrected chi connectivity index (χ2v) is 6.98.